The zero-order valence-corrected chi connectivity index (χ0v) is 32.3. The van der Waals surface area contributed by atoms with Gasteiger partial charge in [-0.2, -0.15) is 0 Å². The predicted molar refractivity (Wildman–Crippen MR) is 221 cm³/mol. The third-order valence-electron chi connectivity index (χ3n) is 12.0. The van der Waals surface area contributed by atoms with Crippen molar-refractivity contribution in [3.05, 3.63) is 235 Å². The molecule has 0 bridgehead atoms. The standard InChI is InChI=1S/C30H20BF12.C19H15/c32-23(14-4-7-18-27(23,36)37)31(24(33)15-5-8-19-28(24,38)39,25(34)16-6-9-20-29(25,40)41)26(35)17-10-13-22(30(26,42)43)21-11-2-1-3-12-21;1-4-10-16(11-5-1)19(17-12-6-2-7-13-17)18-14-8-3-9-15-18/h1-20H;1-15H/q-1;+1. The summed E-state index contributed by atoms with van der Waals surface area (Å²) in [5, 5.41) is 0. The van der Waals surface area contributed by atoms with Gasteiger partial charge in [0.2, 0.25) is 6.15 Å². The maximum atomic E-state index is 18.0. The molecule has 4 unspecified atom stereocenters. The zero-order chi connectivity index (χ0) is 44.7. The highest BCUT2D eigenvalue weighted by Gasteiger charge is 2.91. The van der Waals surface area contributed by atoms with E-state index in [2.05, 4.69) is 91.4 Å². The van der Waals surface area contributed by atoms with Crippen LogP contribution in [0.2, 0.25) is 0 Å². The van der Waals surface area contributed by atoms with Crippen molar-refractivity contribution in [2.75, 3.05) is 0 Å². The molecule has 5 aliphatic rings. The van der Waals surface area contributed by atoms with Crippen LogP contribution in [0.25, 0.3) is 11.1 Å². The van der Waals surface area contributed by atoms with E-state index >= 15 is 52.7 Å². The first kappa shape index (κ1) is 44.0. The molecule has 4 atom stereocenters. The summed E-state index contributed by atoms with van der Waals surface area (Å²) in [5.41, 5.74) is -19.6. The topological polar surface area (TPSA) is 0 Å². The average Bonchev–Trinajstić information content (AvgIpc) is 3.24. The molecule has 0 saturated heterocycles. The van der Waals surface area contributed by atoms with Gasteiger partial charge in [-0.1, -0.05) is 140 Å². The van der Waals surface area contributed by atoms with Crippen LogP contribution < -0.4 is 0 Å². The summed E-state index contributed by atoms with van der Waals surface area (Å²) in [5.74, 6) is -22.1. The molecule has 0 radical (unpaired) electrons. The Bertz CT molecular complexity index is 2360. The van der Waals surface area contributed by atoms with Gasteiger partial charge in [0.1, 0.15) is 5.57 Å². The minimum absolute atomic E-state index is 0.268. The lowest BCUT2D eigenvalue weighted by molar-refractivity contribution is -0.118. The molecule has 0 nitrogen and oxygen atoms in total. The molecule has 0 N–H and O–H groups in total. The Morgan fingerprint density at radius 2 is 0.790 bits per heavy atom. The molecule has 0 heterocycles. The van der Waals surface area contributed by atoms with Gasteiger partial charge >= 0.3 is 0 Å². The van der Waals surface area contributed by atoms with Gasteiger partial charge in [0, 0.05) is 47.4 Å². The summed E-state index contributed by atoms with van der Waals surface area (Å²) in [6, 6.07) is 26.6. The van der Waals surface area contributed by atoms with Gasteiger partial charge in [0.25, 0.3) is 23.7 Å². The minimum Gasteiger partial charge on any atom is -0.275 e. The lowest BCUT2D eigenvalue weighted by Gasteiger charge is -2.70. The number of alkyl halides is 12. The third kappa shape index (κ3) is 6.37. The number of halogens is 12. The summed E-state index contributed by atoms with van der Waals surface area (Å²) in [7, 11) is 0. The minimum atomic E-state index is -7.19. The first-order chi connectivity index (χ1) is 29.3. The SMILES string of the molecule is C1=C[CH+]C(=C(c2ccccc2)c2ccccc2)C=C1.FC1(F)C=CC=CC1(F)[B-](C1(F)C=CC=CC1(F)F)(C1(F)C=CC=CC1(F)F)C1(F)C=CC=C(c2ccccc2)C1(F)F. The van der Waals surface area contributed by atoms with E-state index < -0.39 is 106 Å². The average molecular weight is 863 g/mol. The predicted octanol–water partition coefficient (Wildman–Crippen LogP) is 13.8. The van der Waals surface area contributed by atoms with Crippen molar-refractivity contribution in [3.63, 3.8) is 0 Å². The van der Waals surface area contributed by atoms with Crippen LogP contribution in [0.5, 0.6) is 0 Å². The number of allylic oxidation sites excluding steroid dienone is 21. The molecule has 3 aromatic rings. The summed E-state index contributed by atoms with van der Waals surface area (Å²) in [4.78, 5) is 0. The Labute approximate surface area is 350 Å². The number of hydrogen-bond acceptors (Lipinski definition) is 0. The number of benzene rings is 3. The summed E-state index contributed by atoms with van der Waals surface area (Å²) in [6.45, 7) is 0. The van der Waals surface area contributed by atoms with Crippen LogP contribution >= 0.6 is 0 Å². The Kier molecular flexibility index (Phi) is 11.1. The molecule has 8 rings (SSSR count). The lowest BCUT2D eigenvalue weighted by Crippen LogP contribution is -2.95. The fourth-order valence-electron chi connectivity index (χ4n) is 9.29. The maximum absolute atomic E-state index is 18.0. The second-order valence-corrected chi connectivity index (χ2v) is 15.3. The molecule has 0 spiro atoms. The van der Waals surface area contributed by atoms with Crippen molar-refractivity contribution in [2.45, 2.75) is 46.0 Å². The van der Waals surface area contributed by atoms with E-state index in [1.807, 2.05) is 0 Å². The highest BCUT2D eigenvalue weighted by Crippen LogP contribution is 2.70. The van der Waals surface area contributed by atoms with Crippen LogP contribution in [-0.2, 0) is 0 Å². The number of hydrogen-bond donors (Lipinski definition) is 0. The largest absolute Gasteiger partial charge is 0.278 e. The first-order valence-electron chi connectivity index (χ1n) is 19.3. The lowest BCUT2D eigenvalue weighted by atomic mass is 8.98. The monoisotopic (exact) mass is 862 g/mol. The summed E-state index contributed by atoms with van der Waals surface area (Å²) in [6.07, 6.45) is 2.70. The Balaban J connectivity index is 0.000000252. The van der Waals surface area contributed by atoms with Crippen LogP contribution in [-0.4, -0.2) is 52.1 Å². The quantitative estimate of drug-likeness (QED) is 0.126. The smallest absolute Gasteiger partial charge is 0.275 e. The molecule has 5 aliphatic carbocycles. The van der Waals surface area contributed by atoms with Crippen LogP contribution in [0.4, 0.5) is 52.7 Å². The van der Waals surface area contributed by atoms with E-state index in [-0.39, 0.29) is 18.2 Å². The van der Waals surface area contributed by atoms with Crippen LogP contribution in [0.1, 0.15) is 16.7 Å². The molecule has 0 amide bonds. The Hall–Kier alpha value is -6.11. The van der Waals surface area contributed by atoms with Gasteiger partial charge in [0.15, 0.2) is 0 Å². The molecule has 0 aliphatic heterocycles. The molecule has 318 valence electrons. The first-order valence-corrected chi connectivity index (χ1v) is 19.3. The Morgan fingerprint density at radius 1 is 0.403 bits per heavy atom. The van der Waals surface area contributed by atoms with Gasteiger partial charge in [-0.3, -0.25) is 17.6 Å². The number of rotatable bonds is 7. The van der Waals surface area contributed by atoms with Crippen molar-refractivity contribution >= 4 is 17.3 Å². The molecular weight excluding hydrogens is 827 g/mol. The molecule has 0 aromatic heterocycles. The molecular formula is C49H35BF12. The second-order valence-electron chi connectivity index (χ2n) is 15.3. The van der Waals surface area contributed by atoms with E-state index in [1.54, 1.807) is 0 Å². The van der Waals surface area contributed by atoms with Crippen molar-refractivity contribution in [3.8, 4) is 0 Å². The van der Waals surface area contributed by atoms with Gasteiger partial charge in [-0.25, -0.2) is 35.1 Å². The third-order valence-corrected chi connectivity index (χ3v) is 12.0. The van der Waals surface area contributed by atoms with Crippen LogP contribution in [0, 0.1) is 6.42 Å². The van der Waals surface area contributed by atoms with Crippen LogP contribution in [0.3, 0.4) is 0 Å². The van der Waals surface area contributed by atoms with Crippen molar-refractivity contribution in [1.82, 2.24) is 0 Å². The normalized spacial score (nSPS) is 30.1. The van der Waals surface area contributed by atoms with E-state index in [9.17, 15) is 0 Å². The second kappa shape index (κ2) is 15.7. The van der Waals surface area contributed by atoms with E-state index in [4.69, 9.17) is 0 Å². The van der Waals surface area contributed by atoms with Crippen molar-refractivity contribution < 1.29 is 52.7 Å². The van der Waals surface area contributed by atoms with E-state index in [0.29, 0.717) is 30.4 Å². The Morgan fingerprint density at radius 3 is 1.18 bits per heavy atom. The molecule has 13 heteroatoms. The van der Waals surface area contributed by atoms with Crippen molar-refractivity contribution in [1.29, 1.82) is 0 Å². The maximum Gasteiger partial charge on any atom is 0.278 e. The molecule has 0 saturated carbocycles. The molecule has 3 aromatic carbocycles. The highest BCUT2D eigenvalue weighted by molar-refractivity contribution is 6.93. The van der Waals surface area contributed by atoms with Gasteiger partial charge < -0.3 is 0 Å². The van der Waals surface area contributed by atoms with Crippen LogP contribution in [0.15, 0.2) is 212 Å². The fourth-order valence-corrected chi connectivity index (χ4v) is 9.29. The summed E-state index contributed by atoms with van der Waals surface area (Å²) < 4.78 is 199. The van der Waals surface area contributed by atoms with Gasteiger partial charge in [-0.15, -0.1) is 0 Å². The van der Waals surface area contributed by atoms with Gasteiger partial charge in [-0.05, 0) is 48.1 Å². The highest BCUT2D eigenvalue weighted by atomic mass is 19.3. The van der Waals surface area contributed by atoms with E-state index in [0.717, 1.165) is 24.3 Å². The zero-order valence-electron chi connectivity index (χ0n) is 32.3. The summed E-state index contributed by atoms with van der Waals surface area (Å²) >= 11 is 0. The molecule has 62 heavy (non-hydrogen) atoms. The van der Waals surface area contributed by atoms with Gasteiger partial charge in [0.05, 0.1) is 27.8 Å². The fraction of sp³-hybridized carbons (Fsp3) is 0.163. The van der Waals surface area contributed by atoms with E-state index in [1.165, 1.54) is 28.3 Å². The molecule has 0 fully saturated rings. The van der Waals surface area contributed by atoms with Crippen molar-refractivity contribution in [2.24, 2.45) is 0 Å².